The number of nitrogens with two attached hydrogens (primary N) is 1. The standard InChI is InChI=1S/C24H31ClN6O3S/c1-5-35(32,33)31(4)22-13-17(12-21(27-22)30(3)14-18-10-15(18)2)23-28-29-24(34-23)20(26)11-16-8-6-7-9-19(16)25/h6-9,12-13,15,18,20H,5,10-11,14,26H2,1-4H3. The Balaban J connectivity index is 1.65. The molecule has 0 aliphatic heterocycles. The fraction of sp³-hybridized carbons (Fsp3) is 0.458. The first-order valence-corrected chi connectivity index (χ1v) is 13.6. The second kappa shape index (κ2) is 10.1. The zero-order valence-corrected chi connectivity index (χ0v) is 21.9. The minimum Gasteiger partial charge on any atom is -0.419 e. The highest BCUT2D eigenvalue weighted by Crippen LogP contribution is 2.39. The fourth-order valence-corrected chi connectivity index (χ4v) is 4.88. The summed E-state index contributed by atoms with van der Waals surface area (Å²) in [6.45, 7) is 4.65. The van der Waals surface area contributed by atoms with Gasteiger partial charge in [0, 0.05) is 31.2 Å². The Kier molecular flexibility index (Phi) is 7.35. The smallest absolute Gasteiger partial charge is 0.248 e. The van der Waals surface area contributed by atoms with E-state index in [-0.39, 0.29) is 23.4 Å². The summed E-state index contributed by atoms with van der Waals surface area (Å²) in [5.74, 6) is 2.68. The SMILES string of the molecule is CCS(=O)(=O)N(C)c1cc(-c2nnc(C(N)Cc3ccccc3Cl)o2)cc(N(C)CC2CC2C)n1. The quantitative estimate of drug-likeness (QED) is 0.429. The van der Waals surface area contributed by atoms with E-state index in [1.807, 2.05) is 42.3 Å². The molecule has 0 amide bonds. The van der Waals surface area contributed by atoms with E-state index in [9.17, 15) is 8.42 Å². The van der Waals surface area contributed by atoms with Crippen LogP contribution in [-0.2, 0) is 16.4 Å². The third kappa shape index (κ3) is 5.76. The number of benzene rings is 1. The van der Waals surface area contributed by atoms with Crippen molar-refractivity contribution in [2.75, 3.05) is 35.6 Å². The predicted molar refractivity (Wildman–Crippen MR) is 138 cm³/mol. The molecule has 9 nitrogen and oxygen atoms in total. The van der Waals surface area contributed by atoms with Gasteiger partial charge in [-0.1, -0.05) is 36.7 Å². The van der Waals surface area contributed by atoms with Crippen molar-refractivity contribution >= 4 is 33.3 Å². The number of hydrogen-bond acceptors (Lipinski definition) is 8. The lowest BCUT2D eigenvalue weighted by molar-refractivity contribution is 0.457. The Morgan fingerprint density at radius 1 is 1.20 bits per heavy atom. The van der Waals surface area contributed by atoms with E-state index < -0.39 is 16.1 Å². The minimum absolute atomic E-state index is 0.0399. The van der Waals surface area contributed by atoms with Crippen LogP contribution in [0.1, 0.15) is 37.8 Å². The van der Waals surface area contributed by atoms with Crippen LogP contribution in [0.4, 0.5) is 11.6 Å². The van der Waals surface area contributed by atoms with Gasteiger partial charge in [-0.25, -0.2) is 13.4 Å². The molecule has 4 rings (SSSR count). The molecule has 3 unspecified atom stereocenters. The van der Waals surface area contributed by atoms with Gasteiger partial charge in [0.1, 0.15) is 11.6 Å². The van der Waals surface area contributed by atoms with Crippen LogP contribution in [0.5, 0.6) is 0 Å². The molecule has 11 heteroatoms. The molecule has 0 saturated heterocycles. The number of aromatic nitrogens is 3. The molecule has 2 aromatic heterocycles. The molecule has 0 radical (unpaired) electrons. The fourth-order valence-electron chi connectivity index (χ4n) is 3.91. The van der Waals surface area contributed by atoms with Crippen molar-refractivity contribution in [3.8, 4) is 11.5 Å². The minimum atomic E-state index is -3.51. The van der Waals surface area contributed by atoms with E-state index >= 15 is 0 Å². The summed E-state index contributed by atoms with van der Waals surface area (Å²) in [5.41, 5.74) is 7.79. The zero-order valence-electron chi connectivity index (χ0n) is 20.3. The normalized spacial score (nSPS) is 18.3. The highest BCUT2D eigenvalue weighted by Gasteiger charge is 2.34. The number of pyridine rings is 1. The molecule has 1 aliphatic carbocycles. The van der Waals surface area contributed by atoms with Gasteiger partial charge in [-0.2, -0.15) is 0 Å². The van der Waals surface area contributed by atoms with E-state index in [1.165, 1.54) is 17.8 Å². The zero-order chi connectivity index (χ0) is 25.3. The van der Waals surface area contributed by atoms with E-state index in [0.717, 1.165) is 12.1 Å². The number of sulfonamides is 1. The summed E-state index contributed by atoms with van der Waals surface area (Å²) >= 11 is 6.26. The van der Waals surface area contributed by atoms with Crippen LogP contribution < -0.4 is 14.9 Å². The molecule has 0 spiro atoms. The Hall–Kier alpha value is -2.69. The Morgan fingerprint density at radius 2 is 1.89 bits per heavy atom. The van der Waals surface area contributed by atoms with Gasteiger partial charge in [0.05, 0.1) is 11.8 Å². The van der Waals surface area contributed by atoms with Crippen LogP contribution in [-0.4, -0.2) is 50.0 Å². The maximum absolute atomic E-state index is 12.5. The average Bonchev–Trinajstić information content (AvgIpc) is 3.32. The molecular formula is C24H31ClN6O3S. The summed E-state index contributed by atoms with van der Waals surface area (Å²) in [6, 6.07) is 10.4. The van der Waals surface area contributed by atoms with Crippen LogP contribution >= 0.6 is 11.6 Å². The van der Waals surface area contributed by atoms with Gasteiger partial charge in [0.25, 0.3) is 0 Å². The van der Waals surface area contributed by atoms with Crippen molar-refractivity contribution in [2.45, 2.75) is 32.7 Å². The second-order valence-electron chi connectivity index (χ2n) is 9.14. The molecule has 1 aromatic carbocycles. The Labute approximate surface area is 211 Å². The number of rotatable bonds is 10. The maximum atomic E-state index is 12.5. The van der Waals surface area contributed by atoms with Gasteiger partial charge >= 0.3 is 0 Å². The van der Waals surface area contributed by atoms with Crippen LogP contribution in [0.3, 0.4) is 0 Å². The number of nitrogens with zero attached hydrogens (tertiary/aromatic N) is 5. The summed E-state index contributed by atoms with van der Waals surface area (Å²) in [4.78, 5) is 6.67. The lowest BCUT2D eigenvalue weighted by Gasteiger charge is -2.23. The largest absolute Gasteiger partial charge is 0.419 e. The first-order valence-electron chi connectivity index (χ1n) is 11.6. The summed E-state index contributed by atoms with van der Waals surface area (Å²) in [5, 5.41) is 8.97. The van der Waals surface area contributed by atoms with Crippen LogP contribution in [0, 0.1) is 11.8 Å². The molecule has 1 aliphatic rings. The summed E-state index contributed by atoms with van der Waals surface area (Å²) in [7, 11) is -0.0570. The predicted octanol–water partition coefficient (Wildman–Crippen LogP) is 3.91. The van der Waals surface area contributed by atoms with Gasteiger partial charge in [-0.05, 0) is 55.4 Å². The molecule has 3 aromatic rings. The Bertz CT molecular complexity index is 1300. The molecule has 2 N–H and O–H groups in total. The average molecular weight is 519 g/mol. The molecule has 1 fully saturated rings. The molecule has 3 atom stereocenters. The van der Waals surface area contributed by atoms with Crippen LogP contribution in [0.15, 0.2) is 40.8 Å². The van der Waals surface area contributed by atoms with Gasteiger partial charge in [-0.15, -0.1) is 10.2 Å². The van der Waals surface area contributed by atoms with Gasteiger partial charge < -0.3 is 15.1 Å². The van der Waals surface area contributed by atoms with Crippen molar-refractivity contribution in [3.05, 3.63) is 52.9 Å². The first-order chi connectivity index (χ1) is 16.6. The van der Waals surface area contributed by atoms with Crippen molar-refractivity contribution in [2.24, 2.45) is 17.6 Å². The van der Waals surface area contributed by atoms with Crippen molar-refractivity contribution in [1.29, 1.82) is 0 Å². The highest BCUT2D eigenvalue weighted by molar-refractivity contribution is 7.92. The van der Waals surface area contributed by atoms with Crippen molar-refractivity contribution in [1.82, 2.24) is 15.2 Å². The van der Waals surface area contributed by atoms with Crippen molar-refractivity contribution < 1.29 is 12.8 Å². The number of hydrogen-bond donors (Lipinski definition) is 1. The van der Waals surface area contributed by atoms with Gasteiger partial charge in [-0.3, -0.25) is 4.31 Å². The van der Waals surface area contributed by atoms with E-state index in [1.54, 1.807) is 13.0 Å². The first kappa shape index (κ1) is 25.4. The maximum Gasteiger partial charge on any atom is 0.248 e. The van der Waals surface area contributed by atoms with E-state index in [0.29, 0.717) is 34.7 Å². The summed E-state index contributed by atoms with van der Waals surface area (Å²) < 4.78 is 32.2. The molecule has 0 bridgehead atoms. The van der Waals surface area contributed by atoms with Crippen molar-refractivity contribution in [3.63, 3.8) is 0 Å². The Morgan fingerprint density at radius 3 is 2.54 bits per heavy atom. The summed E-state index contributed by atoms with van der Waals surface area (Å²) in [6.07, 6.45) is 1.62. The van der Waals surface area contributed by atoms with E-state index in [4.69, 9.17) is 21.8 Å². The lowest BCUT2D eigenvalue weighted by Crippen LogP contribution is -2.30. The highest BCUT2D eigenvalue weighted by atomic mass is 35.5. The third-order valence-electron chi connectivity index (χ3n) is 6.48. The van der Waals surface area contributed by atoms with Gasteiger partial charge in [0.2, 0.25) is 21.8 Å². The molecule has 2 heterocycles. The molecular weight excluding hydrogens is 488 g/mol. The number of halogens is 1. The monoisotopic (exact) mass is 518 g/mol. The molecule has 1 saturated carbocycles. The lowest BCUT2D eigenvalue weighted by atomic mass is 10.1. The van der Waals surface area contributed by atoms with Crippen LogP contribution in [0.25, 0.3) is 11.5 Å². The topological polar surface area (TPSA) is 118 Å². The second-order valence-corrected chi connectivity index (χ2v) is 11.8. The number of anilines is 2. The molecule has 188 valence electrons. The van der Waals surface area contributed by atoms with E-state index in [2.05, 4.69) is 22.1 Å². The third-order valence-corrected chi connectivity index (χ3v) is 8.60. The molecule has 35 heavy (non-hydrogen) atoms. The van der Waals surface area contributed by atoms with Gasteiger partial charge in [0.15, 0.2) is 0 Å². The van der Waals surface area contributed by atoms with Crippen LogP contribution in [0.2, 0.25) is 5.02 Å².